The highest BCUT2D eigenvalue weighted by Gasteiger charge is 2.24. The third-order valence-electron chi connectivity index (χ3n) is 3.74. The summed E-state index contributed by atoms with van der Waals surface area (Å²) in [4.78, 5) is 6.80. The lowest BCUT2D eigenvalue weighted by atomic mass is 9.95. The van der Waals surface area contributed by atoms with Crippen LogP contribution in [-0.2, 0) is 6.54 Å². The van der Waals surface area contributed by atoms with Gasteiger partial charge in [-0.25, -0.2) is 4.98 Å². The van der Waals surface area contributed by atoms with Crippen LogP contribution in [0.25, 0.3) is 0 Å². The summed E-state index contributed by atoms with van der Waals surface area (Å²) in [5.74, 6) is 2.65. The van der Waals surface area contributed by atoms with E-state index in [4.69, 9.17) is 0 Å². The highest BCUT2D eigenvalue weighted by atomic mass is 15.1. The predicted octanol–water partition coefficient (Wildman–Crippen LogP) is 2.60. The number of likely N-dealkylation sites (tertiary alicyclic amines) is 1. The van der Waals surface area contributed by atoms with Gasteiger partial charge < -0.3 is 5.32 Å². The van der Waals surface area contributed by atoms with Crippen molar-refractivity contribution >= 4 is 5.82 Å². The second-order valence-electron chi connectivity index (χ2n) is 5.33. The summed E-state index contributed by atoms with van der Waals surface area (Å²) in [6.07, 6.45) is 3.23. The Morgan fingerprint density at radius 3 is 3.00 bits per heavy atom. The molecule has 1 unspecified atom stereocenters. The Morgan fingerprint density at radius 1 is 1.53 bits per heavy atom. The zero-order valence-corrected chi connectivity index (χ0v) is 11.1. The summed E-state index contributed by atoms with van der Waals surface area (Å²) in [5, 5.41) is 3.09. The molecule has 2 heterocycles. The number of hydrogen-bond acceptors (Lipinski definition) is 3. The van der Waals surface area contributed by atoms with Gasteiger partial charge in [-0.05, 0) is 42.5 Å². The van der Waals surface area contributed by atoms with Crippen LogP contribution in [0, 0.1) is 11.8 Å². The maximum absolute atomic E-state index is 4.25. The summed E-state index contributed by atoms with van der Waals surface area (Å²) < 4.78 is 0. The van der Waals surface area contributed by atoms with E-state index in [1.807, 2.05) is 13.2 Å². The van der Waals surface area contributed by atoms with Gasteiger partial charge in [0.1, 0.15) is 5.82 Å². The molecule has 0 aliphatic carbocycles. The molecule has 1 N–H and O–H groups in total. The fourth-order valence-electron chi connectivity index (χ4n) is 2.52. The van der Waals surface area contributed by atoms with Crippen LogP contribution in [0.5, 0.6) is 0 Å². The number of pyridine rings is 1. The molecule has 17 heavy (non-hydrogen) atoms. The zero-order valence-electron chi connectivity index (χ0n) is 11.1. The minimum Gasteiger partial charge on any atom is -0.373 e. The molecule has 1 aromatic heterocycles. The molecule has 1 aromatic rings. The molecule has 94 valence electrons. The first kappa shape index (κ1) is 12.4. The molecular weight excluding hydrogens is 210 g/mol. The number of anilines is 1. The van der Waals surface area contributed by atoms with E-state index < -0.39 is 0 Å². The van der Waals surface area contributed by atoms with Gasteiger partial charge in [0, 0.05) is 26.3 Å². The van der Waals surface area contributed by atoms with Gasteiger partial charge in [0.2, 0.25) is 0 Å². The van der Waals surface area contributed by atoms with Crippen LogP contribution >= 0.6 is 0 Å². The molecule has 0 aromatic carbocycles. The largest absolute Gasteiger partial charge is 0.373 e. The molecule has 0 amide bonds. The van der Waals surface area contributed by atoms with Crippen LogP contribution in [0.15, 0.2) is 18.3 Å². The summed E-state index contributed by atoms with van der Waals surface area (Å²) in [6.45, 7) is 8.20. The van der Waals surface area contributed by atoms with Crippen LogP contribution < -0.4 is 5.32 Å². The van der Waals surface area contributed by atoms with E-state index in [2.05, 4.69) is 41.2 Å². The Hall–Kier alpha value is -1.09. The Morgan fingerprint density at radius 2 is 2.35 bits per heavy atom. The fourth-order valence-corrected chi connectivity index (χ4v) is 2.52. The van der Waals surface area contributed by atoms with E-state index >= 15 is 0 Å². The van der Waals surface area contributed by atoms with Crippen LogP contribution in [-0.4, -0.2) is 30.0 Å². The Kier molecular flexibility index (Phi) is 4.00. The third kappa shape index (κ3) is 3.19. The van der Waals surface area contributed by atoms with Gasteiger partial charge in [0.25, 0.3) is 0 Å². The zero-order chi connectivity index (χ0) is 12.3. The van der Waals surface area contributed by atoms with Crippen molar-refractivity contribution in [3.05, 3.63) is 23.9 Å². The van der Waals surface area contributed by atoms with Gasteiger partial charge in [-0.1, -0.05) is 13.8 Å². The minimum absolute atomic E-state index is 0.810. The summed E-state index contributed by atoms with van der Waals surface area (Å²) >= 11 is 0. The van der Waals surface area contributed by atoms with Crippen molar-refractivity contribution in [2.45, 2.75) is 26.8 Å². The van der Waals surface area contributed by atoms with Crippen molar-refractivity contribution in [2.75, 3.05) is 25.5 Å². The standard InChI is InChI=1S/C14H23N3/c1-11(2)13-5-7-17(10-13)9-12-4-6-16-14(8-12)15-3/h4,6,8,11,13H,5,7,9-10H2,1-3H3,(H,15,16). The molecular formula is C14H23N3. The van der Waals surface area contributed by atoms with Crippen LogP contribution in [0.1, 0.15) is 25.8 Å². The molecule has 0 radical (unpaired) electrons. The van der Waals surface area contributed by atoms with E-state index in [0.717, 1.165) is 24.2 Å². The van der Waals surface area contributed by atoms with Crippen molar-refractivity contribution in [3.8, 4) is 0 Å². The van der Waals surface area contributed by atoms with Gasteiger partial charge in [-0.15, -0.1) is 0 Å². The summed E-state index contributed by atoms with van der Waals surface area (Å²) in [6, 6.07) is 4.26. The maximum Gasteiger partial charge on any atom is 0.125 e. The summed E-state index contributed by atoms with van der Waals surface area (Å²) in [7, 11) is 1.91. The number of nitrogens with zero attached hydrogens (tertiary/aromatic N) is 2. The Labute approximate surface area is 104 Å². The van der Waals surface area contributed by atoms with Gasteiger partial charge in [-0.3, -0.25) is 4.90 Å². The molecule has 1 saturated heterocycles. The average molecular weight is 233 g/mol. The van der Waals surface area contributed by atoms with E-state index in [9.17, 15) is 0 Å². The maximum atomic E-state index is 4.25. The molecule has 1 atom stereocenters. The van der Waals surface area contributed by atoms with Crippen molar-refractivity contribution in [3.63, 3.8) is 0 Å². The topological polar surface area (TPSA) is 28.2 Å². The minimum atomic E-state index is 0.810. The molecule has 3 nitrogen and oxygen atoms in total. The molecule has 3 heteroatoms. The van der Waals surface area contributed by atoms with Gasteiger partial charge in [0.15, 0.2) is 0 Å². The monoisotopic (exact) mass is 233 g/mol. The van der Waals surface area contributed by atoms with Crippen molar-refractivity contribution in [1.82, 2.24) is 9.88 Å². The second-order valence-corrected chi connectivity index (χ2v) is 5.33. The first-order chi connectivity index (χ1) is 8.19. The van der Waals surface area contributed by atoms with Gasteiger partial charge >= 0.3 is 0 Å². The fraction of sp³-hybridized carbons (Fsp3) is 0.643. The second kappa shape index (κ2) is 5.50. The van der Waals surface area contributed by atoms with Crippen LogP contribution in [0.4, 0.5) is 5.82 Å². The number of aromatic nitrogens is 1. The van der Waals surface area contributed by atoms with Crippen molar-refractivity contribution in [2.24, 2.45) is 11.8 Å². The molecule has 1 aliphatic rings. The SMILES string of the molecule is CNc1cc(CN2CCC(C(C)C)C2)ccn1. The lowest BCUT2D eigenvalue weighted by molar-refractivity contribution is 0.297. The average Bonchev–Trinajstić information content (AvgIpc) is 2.78. The van der Waals surface area contributed by atoms with Crippen molar-refractivity contribution in [1.29, 1.82) is 0 Å². The lowest BCUT2D eigenvalue weighted by Crippen LogP contribution is -2.21. The Bertz CT molecular complexity index is 362. The first-order valence-electron chi connectivity index (χ1n) is 6.54. The normalized spacial score (nSPS) is 21.1. The molecule has 0 spiro atoms. The quantitative estimate of drug-likeness (QED) is 0.866. The van der Waals surface area contributed by atoms with Gasteiger partial charge in [-0.2, -0.15) is 0 Å². The molecule has 0 saturated carbocycles. The summed E-state index contributed by atoms with van der Waals surface area (Å²) in [5.41, 5.74) is 1.36. The molecule has 2 rings (SSSR count). The van der Waals surface area contributed by atoms with E-state index in [-0.39, 0.29) is 0 Å². The molecule has 1 fully saturated rings. The third-order valence-corrected chi connectivity index (χ3v) is 3.74. The number of hydrogen-bond donors (Lipinski definition) is 1. The predicted molar refractivity (Wildman–Crippen MR) is 72.0 cm³/mol. The molecule has 1 aliphatic heterocycles. The number of nitrogens with one attached hydrogen (secondary N) is 1. The van der Waals surface area contributed by atoms with E-state index in [1.54, 1.807) is 0 Å². The molecule has 0 bridgehead atoms. The number of rotatable bonds is 4. The van der Waals surface area contributed by atoms with E-state index in [0.29, 0.717) is 0 Å². The van der Waals surface area contributed by atoms with Crippen molar-refractivity contribution < 1.29 is 0 Å². The van der Waals surface area contributed by atoms with E-state index in [1.165, 1.54) is 25.1 Å². The highest BCUT2D eigenvalue weighted by Crippen LogP contribution is 2.25. The lowest BCUT2D eigenvalue weighted by Gasteiger charge is -2.18. The highest BCUT2D eigenvalue weighted by molar-refractivity contribution is 5.36. The Balaban J connectivity index is 1.93. The smallest absolute Gasteiger partial charge is 0.125 e. The van der Waals surface area contributed by atoms with Gasteiger partial charge in [0.05, 0.1) is 0 Å². The van der Waals surface area contributed by atoms with Crippen LogP contribution in [0.3, 0.4) is 0 Å². The first-order valence-corrected chi connectivity index (χ1v) is 6.54. The van der Waals surface area contributed by atoms with Crippen LogP contribution in [0.2, 0.25) is 0 Å².